The first kappa shape index (κ1) is 17.8. The van der Waals surface area contributed by atoms with Crippen molar-refractivity contribution in [3.8, 4) is 5.75 Å². The number of amides is 1. The molecular formula is C19H25N3O2. The summed E-state index contributed by atoms with van der Waals surface area (Å²) in [6.45, 7) is 9.29. The topological polar surface area (TPSA) is 54.5 Å². The van der Waals surface area contributed by atoms with Crippen molar-refractivity contribution >= 4 is 17.4 Å². The monoisotopic (exact) mass is 327 g/mol. The van der Waals surface area contributed by atoms with Crippen LogP contribution in [0.25, 0.3) is 0 Å². The van der Waals surface area contributed by atoms with Gasteiger partial charge in [-0.1, -0.05) is 12.1 Å². The van der Waals surface area contributed by atoms with E-state index in [1.54, 1.807) is 23.2 Å². The maximum absolute atomic E-state index is 12.5. The summed E-state index contributed by atoms with van der Waals surface area (Å²) in [5, 5.41) is 3.24. The van der Waals surface area contributed by atoms with Crippen LogP contribution in [0.5, 0.6) is 5.75 Å². The molecule has 24 heavy (non-hydrogen) atoms. The quantitative estimate of drug-likeness (QED) is 0.832. The maximum atomic E-state index is 12.5. The molecule has 1 amide bonds. The van der Waals surface area contributed by atoms with Crippen LogP contribution < -0.4 is 10.1 Å². The number of pyridine rings is 1. The van der Waals surface area contributed by atoms with Gasteiger partial charge in [-0.05, 0) is 52.0 Å². The van der Waals surface area contributed by atoms with E-state index in [2.05, 4.69) is 10.3 Å². The molecule has 1 aromatic carbocycles. The third-order valence-corrected chi connectivity index (χ3v) is 3.57. The summed E-state index contributed by atoms with van der Waals surface area (Å²) in [6.07, 6.45) is 1.72. The van der Waals surface area contributed by atoms with Crippen LogP contribution in [0.1, 0.15) is 38.1 Å². The van der Waals surface area contributed by atoms with Crippen molar-refractivity contribution in [3.05, 3.63) is 48.2 Å². The highest BCUT2D eigenvalue weighted by molar-refractivity contribution is 5.95. The lowest BCUT2D eigenvalue weighted by Gasteiger charge is -2.19. The van der Waals surface area contributed by atoms with Gasteiger partial charge in [0.25, 0.3) is 5.91 Å². The van der Waals surface area contributed by atoms with E-state index in [-0.39, 0.29) is 12.0 Å². The molecule has 1 aromatic heterocycles. The van der Waals surface area contributed by atoms with Crippen LogP contribution in [0.15, 0.2) is 42.6 Å². The van der Waals surface area contributed by atoms with Gasteiger partial charge in [-0.3, -0.25) is 4.79 Å². The molecule has 0 aliphatic heterocycles. The molecule has 1 heterocycles. The van der Waals surface area contributed by atoms with Crippen molar-refractivity contribution in [1.82, 2.24) is 9.88 Å². The van der Waals surface area contributed by atoms with E-state index < -0.39 is 0 Å². The Hall–Kier alpha value is -2.56. The number of nitrogens with zero attached hydrogens (tertiary/aromatic N) is 2. The van der Waals surface area contributed by atoms with Crippen LogP contribution in [-0.2, 0) is 0 Å². The van der Waals surface area contributed by atoms with Gasteiger partial charge in [-0.2, -0.15) is 0 Å². The van der Waals surface area contributed by atoms with Gasteiger partial charge in [0.1, 0.15) is 11.6 Å². The van der Waals surface area contributed by atoms with Gasteiger partial charge >= 0.3 is 0 Å². The molecule has 0 saturated heterocycles. The fourth-order valence-electron chi connectivity index (χ4n) is 2.39. The predicted octanol–water partition coefficient (Wildman–Crippen LogP) is 4.09. The summed E-state index contributed by atoms with van der Waals surface area (Å²) in [7, 11) is 0. The molecule has 2 rings (SSSR count). The van der Waals surface area contributed by atoms with Crippen LogP contribution in [-0.4, -0.2) is 35.0 Å². The van der Waals surface area contributed by atoms with Crippen LogP contribution in [0.3, 0.4) is 0 Å². The Bertz CT molecular complexity index is 682. The van der Waals surface area contributed by atoms with Gasteiger partial charge in [0.2, 0.25) is 0 Å². The second kappa shape index (κ2) is 8.34. The largest absolute Gasteiger partial charge is 0.489 e. The first-order valence-corrected chi connectivity index (χ1v) is 8.33. The fraction of sp³-hybridized carbons (Fsp3) is 0.368. The molecular weight excluding hydrogens is 302 g/mol. The summed E-state index contributed by atoms with van der Waals surface area (Å²) >= 11 is 0. The number of carbonyl (C=O) groups is 1. The van der Waals surface area contributed by atoms with Crippen LogP contribution in [0.2, 0.25) is 0 Å². The second-order valence-corrected chi connectivity index (χ2v) is 5.69. The van der Waals surface area contributed by atoms with E-state index in [0.29, 0.717) is 24.5 Å². The summed E-state index contributed by atoms with van der Waals surface area (Å²) in [6, 6.07) is 11.2. The number of anilines is 2. The Kier molecular flexibility index (Phi) is 6.18. The number of rotatable bonds is 7. The Labute approximate surface area is 143 Å². The Morgan fingerprint density at radius 3 is 2.58 bits per heavy atom. The summed E-state index contributed by atoms with van der Waals surface area (Å²) in [5.41, 5.74) is 1.45. The highest BCUT2D eigenvalue weighted by Crippen LogP contribution is 2.27. The van der Waals surface area contributed by atoms with Gasteiger partial charge in [0.05, 0.1) is 11.8 Å². The standard InChI is InChI=1S/C19H25N3O2/c1-5-22(6-2)19(23)15-11-12-20-18(13-15)21-16-9-7-8-10-17(16)24-14(3)4/h7-14H,5-6H2,1-4H3,(H,20,21). The van der Waals surface area contributed by atoms with E-state index in [1.165, 1.54) is 0 Å². The van der Waals surface area contributed by atoms with Gasteiger partial charge < -0.3 is 15.0 Å². The molecule has 0 saturated carbocycles. The predicted molar refractivity (Wildman–Crippen MR) is 97.0 cm³/mol. The zero-order valence-electron chi connectivity index (χ0n) is 14.7. The smallest absolute Gasteiger partial charge is 0.254 e. The summed E-state index contributed by atoms with van der Waals surface area (Å²) < 4.78 is 5.80. The van der Waals surface area contributed by atoms with Gasteiger partial charge in [0, 0.05) is 24.8 Å². The average Bonchev–Trinajstić information content (AvgIpc) is 2.57. The maximum Gasteiger partial charge on any atom is 0.254 e. The highest BCUT2D eigenvalue weighted by Gasteiger charge is 2.13. The number of carbonyl (C=O) groups excluding carboxylic acids is 1. The molecule has 2 aromatic rings. The first-order chi connectivity index (χ1) is 11.5. The molecule has 0 radical (unpaired) electrons. The van der Waals surface area contributed by atoms with Crippen molar-refractivity contribution < 1.29 is 9.53 Å². The van der Waals surface area contributed by atoms with E-state index in [4.69, 9.17) is 4.74 Å². The summed E-state index contributed by atoms with van der Waals surface area (Å²) in [4.78, 5) is 18.6. The molecule has 0 atom stereocenters. The Morgan fingerprint density at radius 1 is 1.21 bits per heavy atom. The Morgan fingerprint density at radius 2 is 1.92 bits per heavy atom. The number of nitrogens with one attached hydrogen (secondary N) is 1. The normalized spacial score (nSPS) is 10.5. The molecule has 0 aliphatic rings. The molecule has 0 aliphatic carbocycles. The third kappa shape index (κ3) is 4.47. The molecule has 5 nitrogen and oxygen atoms in total. The lowest BCUT2D eigenvalue weighted by atomic mass is 10.2. The number of ether oxygens (including phenoxy) is 1. The summed E-state index contributed by atoms with van der Waals surface area (Å²) in [5.74, 6) is 1.39. The minimum Gasteiger partial charge on any atom is -0.489 e. The lowest BCUT2D eigenvalue weighted by Crippen LogP contribution is -2.30. The van der Waals surface area contributed by atoms with E-state index >= 15 is 0 Å². The van der Waals surface area contributed by atoms with E-state index in [9.17, 15) is 4.79 Å². The van der Waals surface area contributed by atoms with Crippen molar-refractivity contribution in [2.75, 3.05) is 18.4 Å². The number of para-hydroxylation sites is 2. The number of hydrogen-bond acceptors (Lipinski definition) is 4. The second-order valence-electron chi connectivity index (χ2n) is 5.69. The van der Waals surface area contributed by atoms with Crippen LogP contribution in [0.4, 0.5) is 11.5 Å². The van der Waals surface area contributed by atoms with E-state index in [1.807, 2.05) is 52.0 Å². The highest BCUT2D eigenvalue weighted by atomic mass is 16.5. The van der Waals surface area contributed by atoms with Gasteiger partial charge in [0.15, 0.2) is 0 Å². The SMILES string of the molecule is CCN(CC)C(=O)c1ccnc(Nc2ccccc2OC(C)C)c1. The van der Waals surface area contributed by atoms with Crippen molar-refractivity contribution in [3.63, 3.8) is 0 Å². The van der Waals surface area contributed by atoms with Crippen LogP contribution in [0, 0.1) is 0 Å². The molecule has 128 valence electrons. The molecule has 5 heteroatoms. The number of aromatic nitrogens is 1. The molecule has 0 spiro atoms. The minimum atomic E-state index is 0.0113. The molecule has 0 unspecified atom stereocenters. The van der Waals surface area contributed by atoms with Crippen molar-refractivity contribution in [2.45, 2.75) is 33.8 Å². The fourth-order valence-corrected chi connectivity index (χ4v) is 2.39. The van der Waals surface area contributed by atoms with E-state index in [0.717, 1.165) is 11.4 Å². The average molecular weight is 327 g/mol. The minimum absolute atomic E-state index is 0.0113. The van der Waals surface area contributed by atoms with Crippen LogP contribution >= 0.6 is 0 Å². The molecule has 1 N–H and O–H groups in total. The molecule has 0 bridgehead atoms. The Balaban J connectivity index is 2.23. The van der Waals surface area contributed by atoms with Gasteiger partial charge in [-0.15, -0.1) is 0 Å². The molecule has 0 fully saturated rings. The first-order valence-electron chi connectivity index (χ1n) is 8.33. The van der Waals surface area contributed by atoms with Crippen molar-refractivity contribution in [2.24, 2.45) is 0 Å². The number of benzene rings is 1. The zero-order chi connectivity index (χ0) is 17.5. The van der Waals surface area contributed by atoms with Crippen molar-refractivity contribution in [1.29, 1.82) is 0 Å². The lowest BCUT2D eigenvalue weighted by molar-refractivity contribution is 0.0773. The zero-order valence-corrected chi connectivity index (χ0v) is 14.7. The number of hydrogen-bond donors (Lipinski definition) is 1. The third-order valence-electron chi connectivity index (χ3n) is 3.57. The van der Waals surface area contributed by atoms with Gasteiger partial charge in [-0.25, -0.2) is 4.98 Å².